The number of ether oxygens (including phenoxy) is 2. The minimum Gasteiger partial charge on any atom is -0.490 e. The van der Waals surface area contributed by atoms with Gasteiger partial charge < -0.3 is 9.47 Å². The van der Waals surface area contributed by atoms with Crippen LogP contribution in [-0.4, -0.2) is 20.2 Å². The van der Waals surface area contributed by atoms with Crippen LogP contribution in [0.15, 0.2) is 42.2 Å². The number of fused-ring (bicyclic) bond motifs is 1. The summed E-state index contributed by atoms with van der Waals surface area (Å²) >= 11 is 1.72. The fourth-order valence-corrected chi connectivity index (χ4v) is 3.02. The van der Waals surface area contributed by atoms with Gasteiger partial charge in [0, 0.05) is 9.58 Å². The number of carbonyl (C=O) groups is 1. The number of esters is 1. The molecule has 1 aromatic carbocycles. The molecular formula is C16H16O3S. The van der Waals surface area contributed by atoms with Crippen LogP contribution in [0.5, 0.6) is 0 Å². The zero-order valence-corrected chi connectivity index (χ0v) is 12.5. The summed E-state index contributed by atoms with van der Waals surface area (Å²) in [6, 6.07) is 8.29. The Hall–Kier alpha value is -2.07. The van der Waals surface area contributed by atoms with E-state index in [2.05, 4.69) is 23.8 Å². The van der Waals surface area contributed by atoms with Gasteiger partial charge in [0.1, 0.15) is 0 Å². The number of benzene rings is 1. The van der Waals surface area contributed by atoms with Crippen LogP contribution >= 0.6 is 11.3 Å². The summed E-state index contributed by atoms with van der Waals surface area (Å²) < 4.78 is 10.8. The molecule has 104 valence electrons. The van der Waals surface area contributed by atoms with E-state index >= 15 is 0 Å². The first-order valence-electron chi connectivity index (χ1n) is 6.16. The van der Waals surface area contributed by atoms with Gasteiger partial charge in [-0.1, -0.05) is 24.3 Å². The van der Waals surface area contributed by atoms with Crippen LogP contribution in [0.1, 0.15) is 10.4 Å². The number of hydrogen-bond acceptors (Lipinski definition) is 4. The lowest BCUT2D eigenvalue weighted by Crippen LogP contribution is -2.05. The SMILES string of the molecule is COC(=O)/C(=C/C=C/c1sc2ccccc2c1C)OC. The van der Waals surface area contributed by atoms with Crippen LogP contribution in [0.25, 0.3) is 16.2 Å². The molecule has 20 heavy (non-hydrogen) atoms. The van der Waals surface area contributed by atoms with Gasteiger partial charge in [-0.2, -0.15) is 0 Å². The number of carbonyl (C=O) groups excluding carboxylic acids is 1. The maximum atomic E-state index is 11.3. The van der Waals surface area contributed by atoms with Crippen molar-refractivity contribution < 1.29 is 14.3 Å². The van der Waals surface area contributed by atoms with Crippen molar-refractivity contribution in [1.29, 1.82) is 0 Å². The van der Waals surface area contributed by atoms with Crippen LogP contribution in [0.4, 0.5) is 0 Å². The number of aryl methyl sites for hydroxylation is 1. The van der Waals surface area contributed by atoms with Crippen LogP contribution < -0.4 is 0 Å². The van der Waals surface area contributed by atoms with Gasteiger partial charge in [-0.25, -0.2) is 4.79 Å². The first kappa shape index (κ1) is 14.3. The summed E-state index contributed by atoms with van der Waals surface area (Å²) in [6.07, 6.45) is 5.38. The van der Waals surface area contributed by atoms with Crippen molar-refractivity contribution in [2.45, 2.75) is 6.92 Å². The van der Waals surface area contributed by atoms with E-state index in [1.807, 2.05) is 18.2 Å². The lowest BCUT2D eigenvalue weighted by atomic mass is 10.1. The predicted octanol–water partition coefficient (Wildman–Crippen LogP) is 3.93. The van der Waals surface area contributed by atoms with Crippen molar-refractivity contribution >= 4 is 33.5 Å². The molecule has 0 spiro atoms. The highest BCUT2D eigenvalue weighted by Crippen LogP contribution is 2.31. The minimum atomic E-state index is -0.481. The third-order valence-electron chi connectivity index (χ3n) is 2.98. The molecule has 1 heterocycles. The predicted molar refractivity (Wildman–Crippen MR) is 82.7 cm³/mol. The maximum Gasteiger partial charge on any atom is 0.373 e. The molecule has 0 aliphatic carbocycles. The summed E-state index contributed by atoms with van der Waals surface area (Å²) in [7, 11) is 2.77. The molecule has 0 amide bonds. The fourth-order valence-electron chi connectivity index (χ4n) is 1.90. The molecule has 3 nitrogen and oxygen atoms in total. The van der Waals surface area contributed by atoms with E-state index in [1.54, 1.807) is 23.5 Å². The van der Waals surface area contributed by atoms with E-state index in [0.29, 0.717) is 0 Å². The van der Waals surface area contributed by atoms with Gasteiger partial charge in [-0.05, 0) is 36.1 Å². The molecule has 0 saturated heterocycles. The normalized spacial score (nSPS) is 12.1. The fraction of sp³-hybridized carbons (Fsp3) is 0.188. The van der Waals surface area contributed by atoms with Gasteiger partial charge in [-0.15, -0.1) is 11.3 Å². The molecule has 0 radical (unpaired) electrons. The third-order valence-corrected chi connectivity index (χ3v) is 4.22. The van der Waals surface area contributed by atoms with Gasteiger partial charge in [0.25, 0.3) is 0 Å². The topological polar surface area (TPSA) is 35.5 Å². The molecule has 0 aliphatic rings. The molecular weight excluding hydrogens is 272 g/mol. The number of methoxy groups -OCH3 is 2. The highest BCUT2D eigenvalue weighted by atomic mass is 32.1. The Kier molecular flexibility index (Phi) is 4.58. The Morgan fingerprint density at radius 1 is 1.20 bits per heavy atom. The van der Waals surface area contributed by atoms with Gasteiger partial charge in [-0.3, -0.25) is 0 Å². The minimum absolute atomic E-state index is 0.183. The van der Waals surface area contributed by atoms with Crippen molar-refractivity contribution in [3.8, 4) is 0 Å². The molecule has 0 bridgehead atoms. The number of hydrogen-bond donors (Lipinski definition) is 0. The number of rotatable bonds is 4. The summed E-state index contributed by atoms with van der Waals surface area (Å²) in [6.45, 7) is 2.10. The van der Waals surface area contributed by atoms with Crippen molar-refractivity contribution in [1.82, 2.24) is 0 Å². The lowest BCUT2D eigenvalue weighted by molar-refractivity contribution is -0.139. The van der Waals surface area contributed by atoms with E-state index in [1.165, 1.54) is 34.7 Å². The van der Waals surface area contributed by atoms with Crippen molar-refractivity contribution in [3.63, 3.8) is 0 Å². The van der Waals surface area contributed by atoms with E-state index in [-0.39, 0.29) is 5.76 Å². The first-order valence-corrected chi connectivity index (χ1v) is 6.97. The Bertz CT molecular complexity index is 680. The summed E-state index contributed by atoms with van der Waals surface area (Å²) in [4.78, 5) is 12.5. The van der Waals surface area contributed by atoms with E-state index in [0.717, 1.165) is 0 Å². The second-order valence-corrected chi connectivity index (χ2v) is 5.26. The van der Waals surface area contributed by atoms with E-state index < -0.39 is 5.97 Å². The smallest absolute Gasteiger partial charge is 0.373 e. The molecule has 0 saturated carbocycles. The zero-order chi connectivity index (χ0) is 14.5. The van der Waals surface area contributed by atoms with Crippen molar-refractivity contribution in [2.75, 3.05) is 14.2 Å². The number of allylic oxidation sites excluding steroid dienone is 2. The van der Waals surface area contributed by atoms with E-state index in [9.17, 15) is 4.79 Å². The first-order chi connectivity index (χ1) is 9.67. The molecule has 1 aromatic heterocycles. The van der Waals surface area contributed by atoms with Gasteiger partial charge in [0.15, 0.2) is 0 Å². The Morgan fingerprint density at radius 3 is 2.60 bits per heavy atom. The molecule has 2 aromatic rings. The Labute approximate surface area is 122 Å². The van der Waals surface area contributed by atoms with Crippen molar-refractivity contribution in [2.24, 2.45) is 0 Å². The van der Waals surface area contributed by atoms with Gasteiger partial charge >= 0.3 is 5.97 Å². The third kappa shape index (κ3) is 2.91. The summed E-state index contributed by atoms with van der Waals surface area (Å²) in [5.41, 5.74) is 1.24. The van der Waals surface area contributed by atoms with Crippen LogP contribution in [-0.2, 0) is 14.3 Å². The van der Waals surface area contributed by atoms with Crippen LogP contribution in [0, 0.1) is 6.92 Å². The highest BCUT2D eigenvalue weighted by Gasteiger charge is 2.08. The molecule has 0 atom stereocenters. The maximum absolute atomic E-state index is 11.3. The van der Waals surface area contributed by atoms with Gasteiger partial charge in [0.2, 0.25) is 5.76 Å². The summed E-state index contributed by atoms with van der Waals surface area (Å²) in [5, 5.41) is 1.26. The Morgan fingerprint density at radius 2 is 1.95 bits per heavy atom. The Balaban J connectivity index is 2.28. The molecule has 2 rings (SSSR count). The zero-order valence-electron chi connectivity index (χ0n) is 11.7. The average Bonchev–Trinajstić information content (AvgIpc) is 2.80. The second-order valence-electron chi connectivity index (χ2n) is 4.17. The quantitative estimate of drug-likeness (QED) is 0.370. The highest BCUT2D eigenvalue weighted by molar-refractivity contribution is 7.20. The molecule has 0 unspecified atom stereocenters. The standard InChI is InChI=1S/C16H16O3S/c1-11-12-7-4-5-9-15(12)20-14(11)10-6-8-13(18-2)16(17)19-3/h4-10H,1-3H3/b10-6+,13-8-. The molecule has 0 aliphatic heterocycles. The second kappa shape index (κ2) is 6.39. The van der Waals surface area contributed by atoms with Crippen LogP contribution in [0.2, 0.25) is 0 Å². The number of thiophene rings is 1. The van der Waals surface area contributed by atoms with Crippen molar-refractivity contribution in [3.05, 3.63) is 52.6 Å². The summed E-state index contributed by atoms with van der Waals surface area (Å²) in [5.74, 6) is -0.298. The molecule has 0 fully saturated rings. The van der Waals surface area contributed by atoms with Crippen LogP contribution in [0.3, 0.4) is 0 Å². The lowest BCUT2D eigenvalue weighted by Gasteiger charge is -2.01. The van der Waals surface area contributed by atoms with E-state index in [4.69, 9.17) is 4.74 Å². The van der Waals surface area contributed by atoms with Gasteiger partial charge in [0.05, 0.1) is 14.2 Å². The largest absolute Gasteiger partial charge is 0.490 e. The average molecular weight is 288 g/mol. The molecule has 4 heteroatoms. The monoisotopic (exact) mass is 288 g/mol. The molecule has 0 N–H and O–H groups in total.